The van der Waals surface area contributed by atoms with Crippen LogP contribution in [0.15, 0.2) is 18.3 Å². The molecule has 1 unspecified atom stereocenters. The van der Waals surface area contributed by atoms with E-state index in [1.807, 2.05) is 6.07 Å². The Morgan fingerprint density at radius 2 is 2.25 bits per heavy atom. The summed E-state index contributed by atoms with van der Waals surface area (Å²) in [6.07, 6.45) is 2.07. The fraction of sp³-hybridized carbons (Fsp3) is 0.562. The van der Waals surface area contributed by atoms with E-state index in [9.17, 15) is 14.7 Å². The summed E-state index contributed by atoms with van der Waals surface area (Å²) in [5.41, 5.74) is -0.123. The number of pyridine rings is 1. The maximum atomic E-state index is 12.2. The van der Waals surface area contributed by atoms with Crippen molar-refractivity contribution < 1.29 is 24.2 Å². The van der Waals surface area contributed by atoms with E-state index in [4.69, 9.17) is 9.47 Å². The molecule has 1 aromatic heterocycles. The molecule has 8 heteroatoms. The number of aromatic nitrogens is 1. The molecule has 1 fully saturated rings. The van der Waals surface area contributed by atoms with Gasteiger partial charge in [-0.15, -0.1) is 0 Å². The first-order chi connectivity index (χ1) is 11.5. The topological polar surface area (TPSA) is 101 Å². The molecule has 8 nitrogen and oxygen atoms in total. The number of amides is 2. The minimum absolute atomic E-state index is 0.207. The molecule has 1 aromatic rings. The van der Waals surface area contributed by atoms with Crippen molar-refractivity contribution in [1.82, 2.24) is 15.2 Å². The van der Waals surface area contributed by atoms with Gasteiger partial charge in [-0.3, -0.25) is 4.79 Å². The van der Waals surface area contributed by atoms with Crippen LogP contribution < -0.4 is 10.1 Å². The number of methoxy groups -OCH3 is 1. The Balaban J connectivity index is 1.89. The molecule has 0 saturated carbocycles. The molecule has 1 saturated heterocycles. The van der Waals surface area contributed by atoms with Crippen molar-refractivity contribution >= 4 is 12.0 Å². The lowest BCUT2D eigenvalue weighted by molar-refractivity contribution is -0.147. The summed E-state index contributed by atoms with van der Waals surface area (Å²) in [5.74, 6) is -0.425. The zero-order valence-electron chi connectivity index (χ0n) is 13.9. The molecule has 2 rings (SSSR count). The Bertz CT molecular complexity index is 595. The number of carboxylic acid groups (broad SMARTS) is 1. The highest BCUT2D eigenvalue weighted by Crippen LogP contribution is 2.30. The Kier molecular flexibility index (Phi) is 5.97. The van der Waals surface area contributed by atoms with E-state index < -0.39 is 11.4 Å². The van der Waals surface area contributed by atoms with E-state index in [1.54, 1.807) is 26.3 Å². The fourth-order valence-corrected chi connectivity index (χ4v) is 2.50. The summed E-state index contributed by atoms with van der Waals surface area (Å²) in [6.45, 7) is 3.37. The van der Waals surface area contributed by atoms with Crippen LogP contribution >= 0.6 is 0 Å². The van der Waals surface area contributed by atoms with Crippen LogP contribution in [0.25, 0.3) is 0 Å². The molecule has 1 atom stereocenters. The van der Waals surface area contributed by atoms with E-state index >= 15 is 0 Å². The van der Waals surface area contributed by atoms with Crippen LogP contribution in [0.2, 0.25) is 0 Å². The number of nitrogens with zero attached hydrogens (tertiary/aromatic N) is 2. The molecule has 1 aliphatic rings. The lowest BCUT2D eigenvalue weighted by atomic mass is 9.90. The minimum atomic E-state index is -0.876. The normalized spacial score (nSPS) is 20.0. The summed E-state index contributed by atoms with van der Waals surface area (Å²) in [7, 11) is 1.59. The van der Waals surface area contributed by atoms with Gasteiger partial charge in [-0.05, 0) is 19.4 Å². The maximum Gasteiger partial charge on any atom is 0.317 e. The van der Waals surface area contributed by atoms with Crippen LogP contribution in [-0.2, 0) is 16.1 Å². The molecule has 0 radical (unpaired) electrons. The summed E-state index contributed by atoms with van der Waals surface area (Å²) in [5, 5.41) is 12.0. The molecular weight excluding hydrogens is 314 g/mol. The minimum Gasteiger partial charge on any atom is -0.481 e. The van der Waals surface area contributed by atoms with Gasteiger partial charge >= 0.3 is 12.0 Å². The zero-order valence-corrected chi connectivity index (χ0v) is 13.9. The van der Waals surface area contributed by atoms with Gasteiger partial charge in [-0.2, -0.15) is 0 Å². The van der Waals surface area contributed by atoms with Crippen LogP contribution in [0.4, 0.5) is 4.79 Å². The molecule has 2 heterocycles. The third-order valence-corrected chi connectivity index (χ3v) is 4.08. The first-order valence-electron chi connectivity index (χ1n) is 7.78. The van der Waals surface area contributed by atoms with Crippen molar-refractivity contribution in [2.24, 2.45) is 5.41 Å². The van der Waals surface area contributed by atoms with E-state index in [0.717, 1.165) is 5.56 Å². The van der Waals surface area contributed by atoms with Crippen molar-refractivity contribution in [2.45, 2.75) is 19.9 Å². The first-order valence-corrected chi connectivity index (χ1v) is 7.78. The summed E-state index contributed by atoms with van der Waals surface area (Å²) >= 11 is 0. The Morgan fingerprint density at radius 3 is 2.92 bits per heavy atom. The zero-order chi connectivity index (χ0) is 17.6. The van der Waals surface area contributed by atoms with Crippen LogP contribution in [-0.4, -0.2) is 60.4 Å². The van der Waals surface area contributed by atoms with E-state index in [-0.39, 0.29) is 19.1 Å². The number of hydrogen-bond donors (Lipinski definition) is 2. The summed E-state index contributed by atoms with van der Waals surface area (Å²) in [4.78, 5) is 29.2. The molecule has 1 aliphatic heterocycles. The van der Waals surface area contributed by atoms with Gasteiger partial charge in [0.25, 0.3) is 0 Å². The van der Waals surface area contributed by atoms with E-state index in [2.05, 4.69) is 10.3 Å². The third-order valence-electron chi connectivity index (χ3n) is 4.08. The molecule has 24 heavy (non-hydrogen) atoms. The molecule has 132 valence electrons. The number of nitrogens with one attached hydrogen (secondary N) is 1. The number of aliphatic carboxylic acids is 1. The highest BCUT2D eigenvalue weighted by atomic mass is 16.5. The summed E-state index contributed by atoms with van der Waals surface area (Å²) in [6, 6.07) is 3.30. The number of likely N-dealkylation sites (tertiary alicyclic amines) is 1. The Labute approximate surface area is 140 Å². The quantitative estimate of drug-likeness (QED) is 0.723. The number of carbonyl (C=O) groups is 2. The lowest BCUT2D eigenvalue weighted by Crippen LogP contribution is -2.40. The highest BCUT2D eigenvalue weighted by molar-refractivity contribution is 5.79. The number of carboxylic acids is 1. The van der Waals surface area contributed by atoms with Gasteiger partial charge in [0.1, 0.15) is 6.61 Å². The van der Waals surface area contributed by atoms with Crippen LogP contribution in [0.3, 0.4) is 0 Å². The average Bonchev–Trinajstić information content (AvgIpc) is 2.98. The maximum absolute atomic E-state index is 12.2. The molecular formula is C16H23N3O5. The average molecular weight is 337 g/mol. The summed E-state index contributed by atoms with van der Waals surface area (Å²) < 4.78 is 10.5. The smallest absolute Gasteiger partial charge is 0.317 e. The first kappa shape index (κ1) is 18.0. The molecule has 0 bridgehead atoms. The van der Waals surface area contributed by atoms with Gasteiger partial charge in [0.15, 0.2) is 0 Å². The van der Waals surface area contributed by atoms with Gasteiger partial charge in [0.05, 0.1) is 12.0 Å². The second kappa shape index (κ2) is 7.96. The van der Waals surface area contributed by atoms with Crippen molar-refractivity contribution in [3.05, 3.63) is 23.9 Å². The van der Waals surface area contributed by atoms with Gasteiger partial charge in [0.2, 0.25) is 5.88 Å². The van der Waals surface area contributed by atoms with Gasteiger partial charge < -0.3 is 24.8 Å². The second-order valence-corrected chi connectivity index (χ2v) is 6.01. The van der Waals surface area contributed by atoms with Crippen LogP contribution in [0.5, 0.6) is 5.88 Å². The van der Waals surface area contributed by atoms with Gasteiger partial charge in [-0.1, -0.05) is 6.07 Å². The molecule has 0 aromatic carbocycles. The predicted molar refractivity (Wildman–Crippen MR) is 85.8 cm³/mol. The van der Waals surface area contributed by atoms with Gasteiger partial charge in [0, 0.05) is 38.5 Å². The van der Waals surface area contributed by atoms with Crippen molar-refractivity contribution in [3.63, 3.8) is 0 Å². The standard InChI is InChI=1S/C16H23N3O5/c1-16(14(20)21)5-7-19(11-16)15(22)18-10-12-4-3-6-17-13(12)24-9-8-23-2/h3-4,6H,5,7-11H2,1-2H3,(H,18,22)(H,20,21). The van der Waals surface area contributed by atoms with Gasteiger partial charge in [-0.25, -0.2) is 9.78 Å². The number of ether oxygens (including phenoxy) is 2. The number of hydrogen-bond acceptors (Lipinski definition) is 5. The molecule has 0 aliphatic carbocycles. The lowest BCUT2D eigenvalue weighted by Gasteiger charge is -2.20. The molecule has 2 N–H and O–H groups in total. The SMILES string of the molecule is COCCOc1ncccc1CNC(=O)N1CCC(C)(C(=O)O)C1. The fourth-order valence-electron chi connectivity index (χ4n) is 2.50. The van der Waals surface area contributed by atoms with E-state index in [0.29, 0.717) is 32.1 Å². The van der Waals surface area contributed by atoms with E-state index in [1.165, 1.54) is 4.90 Å². The Hall–Kier alpha value is -2.35. The van der Waals surface area contributed by atoms with Crippen molar-refractivity contribution in [3.8, 4) is 5.88 Å². The second-order valence-electron chi connectivity index (χ2n) is 6.01. The number of carbonyl (C=O) groups excluding carboxylic acids is 1. The van der Waals surface area contributed by atoms with Crippen LogP contribution in [0, 0.1) is 5.41 Å². The number of rotatable bonds is 7. The number of urea groups is 1. The third kappa shape index (κ3) is 4.35. The Morgan fingerprint density at radius 1 is 1.46 bits per heavy atom. The van der Waals surface area contributed by atoms with Crippen LogP contribution in [0.1, 0.15) is 18.9 Å². The van der Waals surface area contributed by atoms with Crippen molar-refractivity contribution in [1.29, 1.82) is 0 Å². The molecule has 2 amide bonds. The predicted octanol–water partition coefficient (Wildman–Crippen LogP) is 1.11. The largest absolute Gasteiger partial charge is 0.481 e. The molecule has 0 spiro atoms. The highest BCUT2D eigenvalue weighted by Gasteiger charge is 2.42. The monoisotopic (exact) mass is 337 g/mol. The van der Waals surface area contributed by atoms with Crippen molar-refractivity contribution in [2.75, 3.05) is 33.4 Å².